The second kappa shape index (κ2) is 9.72. The zero-order valence-electron chi connectivity index (χ0n) is 21.6. The highest BCUT2D eigenvalue weighted by molar-refractivity contribution is 7.89. The number of nitrogens with one attached hydrogen (secondary N) is 1. The molecule has 0 atom stereocenters. The highest BCUT2D eigenvalue weighted by Crippen LogP contribution is 2.33. The van der Waals surface area contributed by atoms with Crippen LogP contribution in [0.4, 0.5) is 5.69 Å². The lowest BCUT2D eigenvalue weighted by molar-refractivity contribution is 0.102. The quantitative estimate of drug-likeness (QED) is 0.392. The van der Waals surface area contributed by atoms with Crippen LogP contribution in [-0.4, -0.2) is 46.3 Å². The highest BCUT2D eigenvalue weighted by atomic mass is 32.2. The lowest BCUT2D eigenvalue weighted by atomic mass is 10.0. The molecule has 8 nitrogen and oxygen atoms in total. The van der Waals surface area contributed by atoms with E-state index >= 15 is 0 Å². The summed E-state index contributed by atoms with van der Waals surface area (Å²) >= 11 is 0. The number of nitrogens with zero attached hydrogens (tertiary/aromatic N) is 4. The topological polar surface area (TPSA) is 96.7 Å². The van der Waals surface area contributed by atoms with Crippen molar-refractivity contribution >= 4 is 27.3 Å². The third-order valence-corrected chi connectivity index (χ3v) is 8.93. The number of aromatic nitrogens is 3. The molecule has 192 valence electrons. The van der Waals surface area contributed by atoms with E-state index in [4.69, 9.17) is 4.98 Å². The summed E-state index contributed by atoms with van der Waals surface area (Å²) in [6, 6.07) is 14.9. The van der Waals surface area contributed by atoms with Gasteiger partial charge in [-0.15, -0.1) is 0 Å². The zero-order valence-corrected chi connectivity index (χ0v) is 22.4. The average Bonchev–Trinajstić information content (AvgIpc) is 3.54. The van der Waals surface area contributed by atoms with Gasteiger partial charge in [0.2, 0.25) is 10.0 Å². The van der Waals surface area contributed by atoms with Gasteiger partial charge in [0, 0.05) is 30.2 Å². The van der Waals surface area contributed by atoms with Crippen LogP contribution >= 0.6 is 0 Å². The van der Waals surface area contributed by atoms with Gasteiger partial charge in [0.25, 0.3) is 5.91 Å². The minimum absolute atomic E-state index is 0.189. The Morgan fingerprint density at radius 2 is 1.70 bits per heavy atom. The number of sulfonamides is 1. The largest absolute Gasteiger partial charge is 0.321 e. The van der Waals surface area contributed by atoms with E-state index in [-0.39, 0.29) is 16.5 Å². The van der Waals surface area contributed by atoms with Crippen LogP contribution in [0, 0.1) is 20.8 Å². The Bertz CT molecular complexity index is 1600. The predicted molar refractivity (Wildman–Crippen MR) is 144 cm³/mol. The maximum Gasteiger partial charge on any atom is 0.276 e. The number of aryl methyl sites for hydroxylation is 4. The first-order valence-corrected chi connectivity index (χ1v) is 14.0. The monoisotopic (exact) mass is 517 g/mol. The molecule has 1 saturated heterocycles. The first kappa shape index (κ1) is 25.1. The van der Waals surface area contributed by atoms with Crippen LogP contribution in [0.15, 0.2) is 53.4 Å². The molecule has 1 aliphatic heterocycles. The summed E-state index contributed by atoms with van der Waals surface area (Å²) in [5, 5.41) is 7.58. The molecule has 0 spiro atoms. The number of fused-ring (bicyclic) bond motifs is 1. The third-order valence-electron chi connectivity index (χ3n) is 6.89. The molecule has 0 bridgehead atoms. The van der Waals surface area contributed by atoms with Gasteiger partial charge in [-0.2, -0.15) is 9.40 Å². The summed E-state index contributed by atoms with van der Waals surface area (Å²) in [6.45, 7) is 8.70. The minimum Gasteiger partial charge on any atom is -0.321 e. The minimum atomic E-state index is -3.66. The Morgan fingerprint density at radius 3 is 2.38 bits per heavy atom. The molecule has 1 amide bonds. The molecule has 0 saturated carbocycles. The zero-order chi connectivity index (χ0) is 26.3. The van der Waals surface area contributed by atoms with Gasteiger partial charge in [-0.1, -0.05) is 31.2 Å². The van der Waals surface area contributed by atoms with Crippen molar-refractivity contribution < 1.29 is 13.2 Å². The number of benzene rings is 2. The number of carbonyl (C=O) groups excluding carboxylic acids is 1. The average molecular weight is 518 g/mol. The summed E-state index contributed by atoms with van der Waals surface area (Å²) in [7, 11) is -3.66. The van der Waals surface area contributed by atoms with E-state index in [1.165, 1.54) is 9.87 Å². The van der Waals surface area contributed by atoms with Gasteiger partial charge in [0.05, 0.1) is 10.5 Å². The molecule has 0 radical (unpaired) electrons. The van der Waals surface area contributed by atoms with Crippen LogP contribution in [0.25, 0.3) is 16.8 Å². The van der Waals surface area contributed by atoms with Crippen LogP contribution in [0.2, 0.25) is 0 Å². The van der Waals surface area contributed by atoms with Gasteiger partial charge < -0.3 is 5.32 Å². The summed E-state index contributed by atoms with van der Waals surface area (Å²) in [5.41, 5.74) is 5.90. The Morgan fingerprint density at radius 1 is 1.00 bits per heavy atom. The van der Waals surface area contributed by atoms with Crippen molar-refractivity contribution in [3.05, 3.63) is 76.7 Å². The van der Waals surface area contributed by atoms with Crippen molar-refractivity contribution in [2.45, 2.75) is 51.9 Å². The fraction of sp³-hybridized carbons (Fsp3) is 0.321. The third kappa shape index (κ3) is 4.65. The lowest BCUT2D eigenvalue weighted by Gasteiger charge is -2.18. The molecule has 2 aromatic carbocycles. The summed E-state index contributed by atoms with van der Waals surface area (Å²) in [4.78, 5) is 18.5. The molecule has 1 aliphatic rings. The predicted octanol–water partition coefficient (Wildman–Crippen LogP) is 4.92. The molecule has 3 heterocycles. The number of amides is 1. The molecule has 5 rings (SSSR count). The molecule has 4 aromatic rings. The number of hydrogen-bond acceptors (Lipinski definition) is 5. The van der Waals surface area contributed by atoms with E-state index < -0.39 is 10.0 Å². The Labute approximate surface area is 217 Å². The molecular formula is C28H31N5O3S. The Kier molecular flexibility index (Phi) is 6.59. The fourth-order valence-corrected chi connectivity index (χ4v) is 6.63. The second-order valence-corrected chi connectivity index (χ2v) is 11.5. The van der Waals surface area contributed by atoms with Gasteiger partial charge in [-0.05, 0) is 81.0 Å². The lowest BCUT2D eigenvalue weighted by Crippen LogP contribution is -2.28. The van der Waals surface area contributed by atoms with E-state index in [0.29, 0.717) is 41.1 Å². The molecule has 0 aliphatic carbocycles. The van der Waals surface area contributed by atoms with Crippen molar-refractivity contribution in [2.75, 3.05) is 18.4 Å². The number of anilines is 1. The van der Waals surface area contributed by atoms with E-state index in [0.717, 1.165) is 30.7 Å². The van der Waals surface area contributed by atoms with E-state index in [9.17, 15) is 13.2 Å². The maximum atomic E-state index is 13.5. The fourth-order valence-electron chi connectivity index (χ4n) is 4.86. The summed E-state index contributed by atoms with van der Waals surface area (Å²) in [6.07, 6.45) is 2.63. The van der Waals surface area contributed by atoms with Gasteiger partial charge in [0.15, 0.2) is 11.3 Å². The van der Waals surface area contributed by atoms with Crippen LogP contribution in [0.1, 0.15) is 52.8 Å². The first-order chi connectivity index (χ1) is 17.7. The maximum absolute atomic E-state index is 13.5. The van der Waals surface area contributed by atoms with Crippen molar-refractivity contribution in [1.29, 1.82) is 0 Å². The number of hydrogen-bond donors (Lipinski definition) is 1. The van der Waals surface area contributed by atoms with Gasteiger partial charge in [-0.3, -0.25) is 4.79 Å². The molecule has 1 fully saturated rings. The van der Waals surface area contributed by atoms with E-state index in [1.807, 2.05) is 50.2 Å². The van der Waals surface area contributed by atoms with Gasteiger partial charge >= 0.3 is 0 Å². The normalized spacial score (nSPS) is 14.4. The molecule has 2 aromatic heterocycles. The summed E-state index contributed by atoms with van der Waals surface area (Å²) in [5.74, 6) is -0.383. The SMILES string of the molecule is CCc1ccc(NC(=O)c2nn3c(C)cc(C)nc3c2-c2ccc(C)c(S(=O)(=O)N3CCCC3)c2)cc1. The van der Waals surface area contributed by atoms with E-state index in [1.54, 1.807) is 23.6 Å². The number of rotatable bonds is 6. The van der Waals surface area contributed by atoms with E-state index in [2.05, 4.69) is 17.3 Å². The van der Waals surface area contributed by atoms with Crippen LogP contribution in [0.5, 0.6) is 0 Å². The Hall–Kier alpha value is -3.56. The van der Waals surface area contributed by atoms with Crippen molar-refractivity contribution in [1.82, 2.24) is 18.9 Å². The molecule has 9 heteroatoms. The summed E-state index contributed by atoms with van der Waals surface area (Å²) < 4.78 is 30.1. The van der Waals surface area contributed by atoms with Gasteiger partial charge in [0.1, 0.15) is 0 Å². The molecule has 0 unspecified atom stereocenters. The van der Waals surface area contributed by atoms with Crippen molar-refractivity contribution in [3.63, 3.8) is 0 Å². The van der Waals surface area contributed by atoms with Gasteiger partial charge in [-0.25, -0.2) is 17.9 Å². The number of carbonyl (C=O) groups is 1. The Balaban J connectivity index is 1.66. The molecular weight excluding hydrogens is 486 g/mol. The van der Waals surface area contributed by atoms with Crippen LogP contribution < -0.4 is 5.32 Å². The smallest absolute Gasteiger partial charge is 0.276 e. The van der Waals surface area contributed by atoms with Crippen LogP contribution in [-0.2, 0) is 16.4 Å². The van der Waals surface area contributed by atoms with Crippen molar-refractivity contribution in [2.24, 2.45) is 0 Å². The first-order valence-electron chi connectivity index (χ1n) is 12.6. The molecule has 1 N–H and O–H groups in total. The van der Waals surface area contributed by atoms with Crippen molar-refractivity contribution in [3.8, 4) is 11.1 Å². The standard InChI is InChI=1S/C28H31N5O3S/c1-5-21-9-12-23(13-10-21)30-28(34)26-25(27-29-19(3)16-20(4)33(27)31-26)22-11-8-18(2)24(17-22)37(35,36)32-14-6-7-15-32/h8-13,16-17H,5-7,14-15H2,1-4H3,(H,30,34). The second-order valence-electron chi connectivity index (χ2n) is 9.59. The highest BCUT2D eigenvalue weighted by Gasteiger charge is 2.30. The molecule has 37 heavy (non-hydrogen) atoms. The van der Waals surface area contributed by atoms with Crippen LogP contribution in [0.3, 0.4) is 0 Å².